The fourth-order valence-corrected chi connectivity index (χ4v) is 3.29. The molecule has 1 aromatic carbocycles. The number of anilines is 1. The maximum absolute atomic E-state index is 12.7. The average molecular weight is 331 g/mol. The maximum Gasteiger partial charge on any atom is 0.277 e. The Morgan fingerprint density at radius 3 is 2.74 bits per heavy atom. The van der Waals surface area contributed by atoms with E-state index in [0.29, 0.717) is 11.1 Å². The van der Waals surface area contributed by atoms with Gasteiger partial charge in [0, 0.05) is 17.6 Å². The SMILES string of the molecule is CC(Sc1nnc(C(C)(C)C)o1)C(=O)N1CCc2ccccc21. The number of hydrogen-bond acceptors (Lipinski definition) is 5. The third kappa shape index (κ3) is 3.27. The molecule has 1 aromatic heterocycles. The van der Waals surface area contributed by atoms with Crippen LogP contribution < -0.4 is 4.90 Å². The summed E-state index contributed by atoms with van der Waals surface area (Å²) in [5, 5.41) is 8.30. The predicted octanol–water partition coefficient (Wildman–Crippen LogP) is 3.44. The third-order valence-electron chi connectivity index (χ3n) is 3.83. The summed E-state index contributed by atoms with van der Waals surface area (Å²) in [6.07, 6.45) is 0.911. The van der Waals surface area contributed by atoms with Crippen LogP contribution in [0, 0.1) is 0 Å². The lowest BCUT2D eigenvalue weighted by Crippen LogP contribution is -2.35. The Labute approximate surface area is 140 Å². The minimum atomic E-state index is -0.269. The van der Waals surface area contributed by atoms with Crippen molar-refractivity contribution in [3.8, 4) is 0 Å². The van der Waals surface area contributed by atoms with Crippen LogP contribution in [-0.4, -0.2) is 27.9 Å². The Kier molecular flexibility index (Phi) is 4.19. The molecule has 0 aliphatic carbocycles. The van der Waals surface area contributed by atoms with Crippen LogP contribution in [0.4, 0.5) is 5.69 Å². The van der Waals surface area contributed by atoms with Crippen molar-refractivity contribution in [3.63, 3.8) is 0 Å². The number of aromatic nitrogens is 2. The Morgan fingerprint density at radius 1 is 1.30 bits per heavy atom. The highest BCUT2D eigenvalue weighted by molar-refractivity contribution is 8.00. The molecule has 1 aliphatic rings. The van der Waals surface area contributed by atoms with Crippen molar-refractivity contribution in [1.82, 2.24) is 10.2 Å². The lowest BCUT2D eigenvalue weighted by molar-refractivity contribution is -0.117. The van der Waals surface area contributed by atoms with Crippen LogP contribution in [-0.2, 0) is 16.6 Å². The number of amides is 1. The Balaban J connectivity index is 1.70. The Morgan fingerprint density at radius 2 is 2.04 bits per heavy atom. The lowest BCUT2D eigenvalue weighted by atomic mass is 9.97. The molecule has 0 bridgehead atoms. The second-order valence-corrected chi connectivity index (χ2v) is 8.04. The standard InChI is InChI=1S/C17H21N3O2S/c1-11(23-16-19-18-15(22-16)17(2,3)4)14(21)20-10-9-12-7-5-6-8-13(12)20/h5-8,11H,9-10H2,1-4H3. The van der Waals surface area contributed by atoms with E-state index in [1.165, 1.54) is 17.3 Å². The molecule has 0 N–H and O–H groups in total. The quantitative estimate of drug-likeness (QED) is 0.806. The maximum atomic E-state index is 12.7. The number of carbonyl (C=O) groups is 1. The van der Waals surface area contributed by atoms with Crippen molar-refractivity contribution in [2.24, 2.45) is 0 Å². The van der Waals surface area contributed by atoms with Gasteiger partial charge in [0.25, 0.3) is 5.22 Å². The van der Waals surface area contributed by atoms with Gasteiger partial charge in [0.1, 0.15) is 0 Å². The monoisotopic (exact) mass is 331 g/mol. The zero-order chi connectivity index (χ0) is 16.6. The fourth-order valence-electron chi connectivity index (χ4n) is 2.55. The van der Waals surface area contributed by atoms with E-state index in [1.807, 2.05) is 50.8 Å². The first-order chi connectivity index (χ1) is 10.9. The first-order valence-electron chi connectivity index (χ1n) is 7.76. The van der Waals surface area contributed by atoms with Crippen LogP contribution in [0.3, 0.4) is 0 Å². The van der Waals surface area contributed by atoms with Gasteiger partial charge in [-0.3, -0.25) is 4.79 Å². The molecule has 6 heteroatoms. The van der Waals surface area contributed by atoms with Crippen LogP contribution in [0.5, 0.6) is 0 Å². The number of carbonyl (C=O) groups excluding carboxylic acids is 1. The van der Waals surface area contributed by atoms with Gasteiger partial charge in [-0.05, 0) is 25.0 Å². The predicted molar refractivity (Wildman–Crippen MR) is 90.8 cm³/mol. The van der Waals surface area contributed by atoms with Crippen LogP contribution in [0.25, 0.3) is 0 Å². The normalized spacial score (nSPS) is 15.6. The molecular formula is C17H21N3O2S. The zero-order valence-corrected chi connectivity index (χ0v) is 14.7. The second kappa shape index (κ2) is 6.00. The molecule has 1 atom stereocenters. The van der Waals surface area contributed by atoms with E-state index in [1.54, 1.807) is 0 Å². The van der Waals surface area contributed by atoms with Crippen molar-refractivity contribution in [2.75, 3.05) is 11.4 Å². The third-order valence-corrected chi connectivity index (χ3v) is 4.75. The van der Waals surface area contributed by atoms with E-state index in [-0.39, 0.29) is 16.6 Å². The fraction of sp³-hybridized carbons (Fsp3) is 0.471. The number of thioether (sulfide) groups is 1. The first kappa shape index (κ1) is 16.1. The zero-order valence-electron chi connectivity index (χ0n) is 13.9. The van der Waals surface area contributed by atoms with Crippen LogP contribution >= 0.6 is 11.8 Å². The second-order valence-electron chi connectivity index (χ2n) is 6.75. The smallest absolute Gasteiger partial charge is 0.277 e. The van der Waals surface area contributed by atoms with Crippen molar-refractivity contribution < 1.29 is 9.21 Å². The Bertz CT molecular complexity index is 721. The molecular weight excluding hydrogens is 310 g/mol. The first-order valence-corrected chi connectivity index (χ1v) is 8.64. The average Bonchev–Trinajstić information content (AvgIpc) is 3.12. The Hall–Kier alpha value is -1.82. The largest absolute Gasteiger partial charge is 0.415 e. The van der Waals surface area contributed by atoms with Crippen LogP contribution in [0.15, 0.2) is 33.9 Å². The van der Waals surface area contributed by atoms with E-state index < -0.39 is 0 Å². The molecule has 2 heterocycles. The molecule has 0 saturated carbocycles. The van der Waals surface area contributed by atoms with Gasteiger partial charge < -0.3 is 9.32 Å². The number of benzene rings is 1. The molecule has 0 spiro atoms. The number of rotatable bonds is 3. The van der Waals surface area contributed by atoms with Crippen molar-refractivity contribution in [1.29, 1.82) is 0 Å². The molecule has 0 fully saturated rings. The van der Waals surface area contributed by atoms with Gasteiger partial charge in [-0.2, -0.15) is 0 Å². The number of fused-ring (bicyclic) bond motifs is 1. The topological polar surface area (TPSA) is 59.2 Å². The summed E-state index contributed by atoms with van der Waals surface area (Å²) in [5.74, 6) is 0.668. The van der Waals surface area contributed by atoms with E-state index in [0.717, 1.165) is 18.7 Å². The van der Waals surface area contributed by atoms with Gasteiger partial charge in [0.15, 0.2) is 0 Å². The van der Waals surface area contributed by atoms with Gasteiger partial charge >= 0.3 is 0 Å². The number of nitrogens with zero attached hydrogens (tertiary/aromatic N) is 3. The van der Waals surface area contributed by atoms with Gasteiger partial charge in [0.05, 0.1) is 5.25 Å². The minimum absolute atomic E-state index is 0.0791. The lowest BCUT2D eigenvalue weighted by Gasteiger charge is -2.20. The van der Waals surface area contributed by atoms with Crippen LogP contribution in [0.2, 0.25) is 0 Å². The van der Waals surface area contributed by atoms with E-state index in [2.05, 4.69) is 16.3 Å². The molecule has 2 aromatic rings. The summed E-state index contributed by atoms with van der Waals surface area (Å²) >= 11 is 1.32. The van der Waals surface area contributed by atoms with Crippen molar-refractivity contribution >= 4 is 23.4 Å². The summed E-state index contributed by atoms with van der Waals surface area (Å²) < 4.78 is 5.67. The molecule has 23 heavy (non-hydrogen) atoms. The van der Waals surface area contributed by atoms with Crippen molar-refractivity contribution in [3.05, 3.63) is 35.7 Å². The highest BCUT2D eigenvalue weighted by Gasteiger charge is 2.30. The van der Waals surface area contributed by atoms with Gasteiger partial charge in [-0.25, -0.2) is 0 Å². The molecule has 1 amide bonds. The molecule has 0 saturated heterocycles. The van der Waals surface area contributed by atoms with E-state index >= 15 is 0 Å². The molecule has 0 radical (unpaired) electrons. The van der Waals surface area contributed by atoms with Crippen LogP contribution in [0.1, 0.15) is 39.1 Å². The summed E-state index contributed by atoms with van der Waals surface area (Å²) in [7, 11) is 0. The summed E-state index contributed by atoms with van der Waals surface area (Å²) in [6, 6.07) is 8.06. The van der Waals surface area contributed by atoms with Gasteiger partial charge in [-0.15, -0.1) is 10.2 Å². The van der Waals surface area contributed by atoms with Crippen molar-refractivity contribution in [2.45, 2.75) is 50.0 Å². The van der Waals surface area contributed by atoms with Gasteiger partial charge in [-0.1, -0.05) is 50.7 Å². The highest BCUT2D eigenvalue weighted by Crippen LogP contribution is 2.32. The molecule has 1 aliphatic heterocycles. The van der Waals surface area contributed by atoms with E-state index in [9.17, 15) is 4.79 Å². The van der Waals surface area contributed by atoms with E-state index in [4.69, 9.17) is 4.42 Å². The number of para-hydroxylation sites is 1. The molecule has 122 valence electrons. The summed E-state index contributed by atoms with van der Waals surface area (Å²) in [5.41, 5.74) is 2.06. The van der Waals surface area contributed by atoms with Gasteiger partial charge in [0.2, 0.25) is 11.8 Å². The minimum Gasteiger partial charge on any atom is -0.415 e. The molecule has 5 nitrogen and oxygen atoms in total. The highest BCUT2D eigenvalue weighted by atomic mass is 32.2. The molecule has 3 rings (SSSR count). The summed E-state index contributed by atoms with van der Waals surface area (Å²) in [4.78, 5) is 14.6. The summed E-state index contributed by atoms with van der Waals surface area (Å²) in [6.45, 7) is 8.68. The number of hydrogen-bond donors (Lipinski definition) is 0. The molecule has 1 unspecified atom stereocenters.